The number of imidazole rings is 1. The summed E-state index contributed by atoms with van der Waals surface area (Å²) in [5.41, 5.74) is 1.27. The molecular formula is C13H12ClFN4O2. The van der Waals surface area contributed by atoms with E-state index in [4.69, 9.17) is 20.9 Å². The van der Waals surface area contributed by atoms with E-state index in [0.717, 1.165) is 11.3 Å². The third kappa shape index (κ3) is 2.56. The maximum atomic E-state index is 13.8. The molecule has 0 saturated heterocycles. The topological polar surface area (TPSA) is 66.0 Å². The van der Waals surface area contributed by atoms with Gasteiger partial charge >= 0.3 is 0 Å². The first-order valence-corrected chi connectivity index (χ1v) is 6.80. The van der Waals surface area contributed by atoms with Gasteiger partial charge in [-0.1, -0.05) is 5.16 Å². The average molecular weight is 311 g/mol. The molecule has 0 unspecified atom stereocenters. The molecule has 0 bridgehead atoms. The molecule has 8 heteroatoms. The van der Waals surface area contributed by atoms with Crippen LogP contribution in [0.15, 0.2) is 23.0 Å². The SMILES string of the molecule is COc1cc2c(cc1F)nc(CCCl)n2Cc1ncon1. The molecule has 0 saturated carbocycles. The molecule has 6 nitrogen and oxygen atoms in total. The highest BCUT2D eigenvalue weighted by Gasteiger charge is 2.16. The second-order valence-electron chi connectivity index (χ2n) is 4.38. The molecular weight excluding hydrogens is 299 g/mol. The fraction of sp³-hybridized carbons (Fsp3) is 0.308. The molecule has 2 heterocycles. The highest BCUT2D eigenvalue weighted by atomic mass is 35.5. The number of rotatable bonds is 5. The highest BCUT2D eigenvalue weighted by molar-refractivity contribution is 6.17. The molecule has 0 radical (unpaired) electrons. The van der Waals surface area contributed by atoms with E-state index in [9.17, 15) is 4.39 Å². The molecule has 110 valence electrons. The van der Waals surface area contributed by atoms with Crippen molar-refractivity contribution in [2.75, 3.05) is 13.0 Å². The van der Waals surface area contributed by atoms with Crippen LogP contribution in [0.3, 0.4) is 0 Å². The van der Waals surface area contributed by atoms with Crippen molar-refractivity contribution in [2.24, 2.45) is 0 Å². The number of hydrogen-bond donors (Lipinski definition) is 0. The second kappa shape index (κ2) is 5.69. The zero-order chi connectivity index (χ0) is 14.8. The van der Waals surface area contributed by atoms with E-state index in [1.54, 1.807) is 6.07 Å². The maximum absolute atomic E-state index is 13.8. The van der Waals surface area contributed by atoms with Gasteiger partial charge in [0.1, 0.15) is 5.82 Å². The summed E-state index contributed by atoms with van der Waals surface area (Å²) in [4.78, 5) is 8.41. The van der Waals surface area contributed by atoms with Gasteiger partial charge < -0.3 is 13.8 Å². The summed E-state index contributed by atoms with van der Waals surface area (Å²) in [6, 6.07) is 2.95. The molecule has 0 atom stereocenters. The van der Waals surface area contributed by atoms with Gasteiger partial charge in [0.15, 0.2) is 17.4 Å². The molecule has 0 aliphatic carbocycles. The predicted molar refractivity (Wildman–Crippen MR) is 74.1 cm³/mol. The first-order valence-electron chi connectivity index (χ1n) is 6.26. The van der Waals surface area contributed by atoms with Crippen molar-refractivity contribution in [3.63, 3.8) is 0 Å². The van der Waals surface area contributed by atoms with E-state index in [1.165, 1.54) is 19.6 Å². The first-order chi connectivity index (χ1) is 10.2. The lowest BCUT2D eigenvalue weighted by molar-refractivity contribution is 0.387. The summed E-state index contributed by atoms with van der Waals surface area (Å²) in [5.74, 6) is 1.36. The van der Waals surface area contributed by atoms with Gasteiger partial charge in [-0.05, 0) is 0 Å². The maximum Gasteiger partial charge on any atom is 0.213 e. The van der Waals surface area contributed by atoms with E-state index < -0.39 is 5.82 Å². The smallest absolute Gasteiger partial charge is 0.213 e. The van der Waals surface area contributed by atoms with Crippen LogP contribution < -0.4 is 4.74 Å². The third-order valence-corrected chi connectivity index (χ3v) is 3.31. The van der Waals surface area contributed by atoms with E-state index in [0.29, 0.717) is 30.2 Å². The number of nitrogens with zero attached hydrogens (tertiary/aromatic N) is 4. The second-order valence-corrected chi connectivity index (χ2v) is 4.75. The molecule has 0 spiro atoms. The Balaban J connectivity index is 2.15. The zero-order valence-electron chi connectivity index (χ0n) is 11.2. The van der Waals surface area contributed by atoms with E-state index in [1.807, 2.05) is 4.57 Å². The Morgan fingerprint density at radius 2 is 2.29 bits per heavy atom. The van der Waals surface area contributed by atoms with Crippen molar-refractivity contribution in [2.45, 2.75) is 13.0 Å². The number of aromatic nitrogens is 4. The van der Waals surface area contributed by atoms with Gasteiger partial charge in [-0.25, -0.2) is 9.37 Å². The minimum atomic E-state index is -0.452. The van der Waals surface area contributed by atoms with Crippen LogP contribution in [0.1, 0.15) is 11.6 Å². The van der Waals surface area contributed by atoms with Crippen molar-refractivity contribution in [1.29, 1.82) is 0 Å². The first kappa shape index (κ1) is 13.8. The summed E-state index contributed by atoms with van der Waals surface area (Å²) in [6.45, 7) is 0.369. The van der Waals surface area contributed by atoms with Crippen LogP contribution in [0, 0.1) is 5.82 Å². The summed E-state index contributed by atoms with van der Waals surface area (Å²) >= 11 is 5.81. The summed E-state index contributed by atoms with van der Waals surface area (Å²) in [7, 11) is 1.42. The van der Waals surface area contributed by atoms with Gasteiger partial charge in [-0.15, -0.1) is 11.6 Å². The number of halogens is 2. The number of methoxy groups -OCH3 is 1. The number of benzene rings is 1. The molecule has 21 heavy (non-hydrogen) atoms. The minimum Gasteiger partial charge on any atom is -0.494 e. The Morgan fingerprint density at radius 3 is 2.95 bits per heavy atom. The summed E-state index contributed by atoms with van der Waals surface area (Å²) in [5, 5.41) is 3.79. The fourth-order valence-corrected chi connectivity index (χ4v) is 2.36. The standard InChI is InChI=1S/C13H12ClFN4O2/c1-20-11-5-10-9(4-8(11)15)17-13(2-3-14)19(10)6-12-16-7-21-18-12/h4-5,7H,2-3,6H2,1H3. The average Bonchev–Trinajstić information content (AvgIpc) is 3.08. The van der Waals surface area contributed by atoms with Crippen LogP contribution in [0.4, 0.5) is 4.39 Å². The highest BCUT2D eigenvalue weighted by Crippen LogP contribution is 2.26. The summed E-state index contributed by atoms with van der Waals surface area (Å²) in [6.07, 6.45) is 1.81. The zero-order valence-corrected chi connectivity index (χ0v) is 12.0. The van der Waals surface area contributed by atoms with Crippen molar-refractivity contribution >= 4 is 22.6 Å². The van der Waals surface area contributed by atoms with E-state index in [2.05, 4.69) is 15.1 Å². The van der Waals surface area contributed by atoms with Crippen LogP contribution in [0.5, 0.6) is 5.75 Å². The molecule has 2 aromatic heterocycles. The lowest BCUT2D eigenvalue weighted by Crippen LogP contribution is -2.07. The Kier molecular flexibility index (Phi) is 3.74. The number of aryl methyl sites for hydroxylation is 1. The van der Waals surface area contributed by atoms with Crippen LogP contribution >= 0.6 is 11.6 Å². The summed E-state index contributed by atoms with van der Waals surface area (Å²) < 4.78 is 25.4. The fourth-order valence-electron chi connectivity index (χ4n) is 2.19. The van der Waals surface area contributed by atoms with Gasteiger partial charge in [0.2, 0.25) is 6.39 Å². The molecule has 0 amide bonds. The van der Waals surface area contributed by atoms with Gasteiger partial charge in [0.25, 0.3) is 0 Å². The van der Waals surface area contributed by atoms with E-state index in [-0.39, 0.29) is 5.75 Å². The number of alkyl halides is 1. The van der Waals surface area contributed by atoms with E-state index >= 15 is 0 Å². The quantitative estimate of drug-likeness (QED) is 0.677. The largest absolute Gasteiger partial charge is 0.494 e. The van der Waals surface area contributed by atoms with Crippen molar-refractivity contribution in [1.82, 2.24) is 19.7 Å². The molecule has 0 fully saturated rings. The van der Waals surface area contributed by atoms with Crippen LogP contribution in [-0.4, -0.2) is 32.7 Å². The Morgan fingerprint density at radius 1 is 1.43 bits per heavy atom. The number of ether oxygens (including phenoxy) is 1. The van der Waals surface area contributed by atoms with Crippen LogP contribution in [0.2, 0.25) is 0 Å². The third-order valence-electron chi connectivity index (χ3n) is 3.13. The van der Waals surface area contributed by atoms with Crippen molar-refractivity contribution < 1.29 is 13.7 Å². The minimum absolute atomic E-state index is 0.161. The Bertz CT molecular complexity index is 757. The molecule has 0 aliphatic heterocycles. The molecule has 3 rings (SSSR count). The van der Waals surface area contributed by atoms with Gasteiger partial charge in [0, 0.05) is 24.4 Å². The number of hydrogen-bond acceptors (Lipinski definition) is 5. The van der Waals surface area contributed by atoms with Crippen molar-refractivity contribution in [3.8, 4) is 5.75 Å². The van der Waals surface area contributed by atoms with Crippen LogP contribution in [-0.2, 0) is 13.0 Å². The molecule has 0 aliphatic rings. The van der Waals surface area contributed by atoms with Gasteiger partial charge in [0.05, 0.1) is 24.7 Å². The molecule has 3 aromatic rings. The molecule has 0 N–H and O–H groups in total. The van der Waals surface area contributed by atoms with Crippen LogP contribution in [0.25, 0.3) is 11.0 Å². The Hall–Kier alpha value is -2.15. The van der Waals surface area contributed by atoms with Crippen molar-refractivity contribution in [3.05, 3.63) is 36.0 Å². The monoisotopic (exact) mass is 310 g/mol. The lowest BCUT2D eigenvalue weighted by atomic mass is 10.3. The molecule has 1 aromatic carbocycles. The Labute approximate surface area is 124 Å². The predicted octanol–water partition coefficient (Wildman–Crippen LogP) is 2.40. The lowest BCUT2D eigenvalue weighted by Gasteiger charge is -2.07. The van der Waals surface area contributed by atoms with Gasteiger partial charge in [-0.3, -0.25) is 0 Å². The normalized spacial score (nSPS) is 11.2. The number of fused-ring (bicyclic) bond motifs is 1. The van der Waals surface area contributed by atoms with Gasteiger partial charge in [-0.2, -0.15) is 4.98 Å².